The number of aryl methyl sites for hydroxylation is 1. The molecule has 0 saturated carbocycles. The lowest BCUT2D eigenvalue weighted by molar-refractivity contribution is 0.157. The molecule has 1 aromatic rings. The zero-order chi connectivity index (χ0) is 10.4. The number of hydrogen-bond donors (Lipinski definition) is 2. The van der Waals surface area contributed by atoms with Gasteiger partial charge in [0.2, 0.25) is 0 Å². The van der Waals surface area contributed by atoms with Crippen LogP contribution in [0, 0.1) is 6.92 Å². The van der Waals surface area contributed by atoms with E-state index < -0.39 is 0 Å². The molecule has 0 aliphatic heterocycles. The molecule has 4 heteroatoms. The van der Waals surface area contributed by atoms with Crippen LogP contribution in [-0.4, -0.2) is 18.4 Å². The van der Waals surface area contributed by atoms with Crippen molar-refractivity contribution in [3.63, 3.8) is 0 Å². The lowest BCUT2D eigenvalue weighted by atomic mass is 10.2. The Morgan fingerprint density at radius 1 is 1.50 bits per heavy atom. The second-order valence-corrected chi connectivity index (χ2v) is 3.45. The number of halogens is 1. The van der Waals surface area contributed by atoms with E-state index in [1.54, 1.807) is 0 Å². The fourth-order valence-corrected chi connectivity index (χ4v) is 1.23. The largest absolute Gasteiger partial charge is 0.492 e. The van der Waals surface area contributed by atoms with Gasteiger partial charge in [-0.05, 0) is 31.0 Å². The molecule has 0 saturated heterocycles. The smallest absolute Gasteiger partial charge is 0.138 e. The summed E-state index contributed by atoms with van der Waals surface area (Å²) in [6.07, 6.45) is 0.737. The van der Waals surface area contributed by atoms with Crippen LogP contribution in [0.5, 0.6) is 5.75 Å². The molecule has 14 heavy (non-hydrogen) atoms. The van der Waals surface area contributed by atoms with Gasteiger partial charge >= 0.3 is 0 Å². The molecule has 0 fully saturated rings. The van der Waals surface area contributed by atoms with Crippen molar-refractivity contribution >= 4 is 11.6 Å². The van der Waals surface area contributed by atoms with Crippen LogP contribution in [0.3, 0.4) is 0 Å². The van der Waals surface area contributed by atoms with Crippen molar-refractivity contribution in [2.75, 3.05) is 13.2 Å². The fraction of sp³-hybridized carbons (Fsp3) is 0.400. The summed E-state index contributed by atoms with van der Waals surface area (Å²) < 4.78 is 5.44. The van der Waals surface area contributed by atoms with Gasteiger partial charge in [-0.3, -0.25) is 0 Å². The van der Waals surface area contributed by atoms with E-state index in [4.69, 9.17) is 21.5 Å². The predicted molar refractivity (Wildman–Crippen MR) is 56.1 cm³/mol. The van der Waals surface area contributed by atoms with Crippen LogP contribution in [0.1, 0.15) is 12.0 Å². The first-order valence-corrected chi connectivity index (χ1v) is 4.87. The SMILES string of the molecule is Cc1ccc(Cl)c(OCCCNO)c1. The van der Waals surface area contributed by atoms with Crippen LogP contribution < -0.4 is 10.2 Å². The first-order chi connectivity index (χ1) is 6.74. The highest BCUT2D eigenvalue weighted by Crippen LogP contribution is 2.25. The van der Waals surface area contributed by atoms with Crippen LogP contribution >= 0.6 is 11.6 Å². The topological polar surface area (TPSA) is 41.5 Å². The zero-order valence-corrected chi connectivity index (χ0v) is 8.84. The predicted octanol–water partition coefficient (Wildman–Crippen LogP) is 2.40. The highest BCUT2D eigenvalue weighted by Gasteiger charge is 2.00. The number of ether oxygens (including phenoxy) is 1. The van der Waals surface area contributed by atoms with Gasteiger partial charge in [-0.2, -0.15) is 0 Å². The van der Waals surface area contributed by atoms with Crippen LogP contribution in [0.4, 0.5) is 0 Å². The third-order valence-electron chi connectivity index (χ3n) is 1.78. The maximum Gasteiger partial charge on any atom is 0.138 e. The van der Waals surface area contributed by atoms with Gasteiger partial charge in [-0.25, -0.2) is 5.48 Å². The van der Waals surface area contributed by atoms with Gasteiger partial charge in [0.25, 0.3) is 0 Å². The van der Waals surface area contributed by atoms with Crippen LogP contribution in [0.2, 0.25) is 5.02 Å². The zero-order valence-electron chi connectivity index (χ0n) is 8.09. The Morgan fingerprint density at radius 2 is 2.29 bits per heavy atom. The van der Waals surface area contributed by atoms with Crippen molar-refractivity contribution < 1.29 is 9.94 Å². The molecule has 0 aliphatic carbocycles. The Hall–Kier alpha value is -0.770. The van der Waals surface area contributed by atoms with E-state index in [9.17, 15) is 0 Å². The summed E-state index contributed by atoms with van der Waals surface area (Å²) in [7, 11) is 0. The monoisotopic (exact) mass is 215 g/mol. The third-order valence-corrected chi connectivity index (χ3v) is 2.09. The molecule has 0 amide bonds. The van der Waals surface area contributed by atoms with Gasteiger partial charge in [0.15, 0.2) is 0 Å². The summed E-state index contributed by atoms with van der Waals surface area (Å²) in [5.74, 6) is 0.699. The molecule has 0 heterocycles. The summed E-state index contributed by atoms with van der Waals surface area (Å²) in [5, 5.41) is 8.95. The van der Waals surface area contributed by atoms with Gasteiger partial charge < -0.3 is 9.94 Å². The van der Waals surface area contributed by atoms with E-state index in [0.29, 0.717) is 23.9 Å². The van der Waals surface area contributed by atoms with E-state index in [-0.39, 0.29) is 0 Å². The van der Waals surface area contributed by atoms with Crippen molar-refractivity contribution in [1.29, 1.82) is 0 Å². The Bertz CT molecular complexity index is 291. The second-order valence-electron chi connectivity index (χ2n) is 3.04. The Morgan fingerprint density at radius 3 is 3.00 bits per heavy atom. The average Bonchev–Trinajstić information content (AvgIpc) is 2.18. The Labute approximate surface area is 88.6 Å². The molecule has 0 aromatic heterocycles. The quantitative estimate of drug-likeness (QED) is 0.586. The summed E-state index contributed by atoms with van der Waals surface area (Å²) >= 11 is 5.92. The minimum atomic E-state index is 0.517. The minimum Gasteiger partial charge on any atom is -0.492 e. The van der Waals surface area contributed by atoms with Gasteiger partial charge in [-0.15, -0.1) is 0 Å². The molecular formula is C10H14ClNO2. The number of hydroxylamine groups is 1. The fourth-order valence-electron chi connectivity index (χ4n) is 1.05. The normalized spacial score (nSPS) is 10.2. The van der Waals surface area contributed by atoms with Crippen molar-refractivity contribution in [3.8, 4) is 5.75 Å². The maximum absolute atomic E-state index is 8.33. The molecule has 0 radical (unpaired) electrons. The van der Waals surface area contributed by atoms with Crippen LogP contribution in [0.25, 0.3) is 0 Å². The molecule has 0 unspecified atom stereocenters. The lowest BCUT2D eigenvalue weighted by Crippen LogP contribution is -2.12. The number of nitrogens with one attached hydrogen (secondary N) is 1. The van der Waals surface area contributed by atoms with E-state index in [1.807, 2.05) is 25.1 Å². The summed E-state index contributed by atoms with van der Waals surface area (Å²) in [5.41, 5.74) is 3.18. The molecule has 78 valence electrons. The molecule has 1 aromatic carbocycles. The third kappa shape index (κ3) is 3.54. The molecule has 0 aliphatic rings. The Balaban J connectivity index is 2.45. The van der Waals surface area contributed by atoms with E-state index in [1.165, 1.54) is 0 Å². The minimum absolute atomic E-state index is 0.517. The first-order valence-electron chi connectivity index (χ1n) is 4.50. The van der Waals surface area contributed by atoms with Crippen LogP contribution in [-0.2, 0) is 0 Å². The van der Waals surface area contributed by atoms with Gasteiger partial charge in [-0.1, -0.05) is 17.7 Å². The number of benzene rings is 1. The van der Waals surface area contributed by atoms with Crippen molar-refractivity contribution in [2.24, 2.45) is 0 Å². The summed E-state index contributed by atoms with van der Waals surface area (Å²) in [4.78, 5) is 0. The van der Waals surface area contributed by atoms with Crippen molar-refractivity contribution in [1.82, 2.24) is 5.48 Å². The van der Waals surface area contributed by atoms with Crippen molar-refractivity contribution in [3.05, 3.63) is 28.8 Å². The van der Waals surface area contributed by atoms with Gasteiger partial charge in [0.05, 0.1) is 11.6 Å². The molecule has 0 atom stereocenters. The number of rotatable bonds is 5. The van der Waals surface area contributed by atoms with E-state index >= 15 is 0 Å². The van der Waals surface area contributed by atoms with E-state index in [2.05, 4.69) is 5.48 Å². The lowest BCUT2D eigenvalue weighted by Gasteiger charge is -2.08. The highest BCUT2D eigenvalue weighted by atomic mass is 35.5. The standard InChI is InChI=1S/C10H14ClNO2/c1-8-3-4-9(11)10(7-8)14-6-2-5-12-13/h3-4,7,12-13H,2,5-6H2,1H3. The summed E-state index contributed by atoms with van der Waals surface area (Å²) in [6, 6.07) is 5.65. The van der Waals surface area contributed by atoms with Gasteiger partial charge in [0.1, 0.15) is 5.75 Å². The second kappa shape index (κ2) is 5.86. The molecule has 1 rings (SSSR count). The molecular weight excluding hydrogens is 202 g/mol. The molecule has 0 spiro atoms. The first kappa shape index (κ1) is 11.3. The highest BCUT2D eigenvalue weighted by molar-refractivity contribution is 6.32. The van der Waals surface area contributed by atoms with Gasteiger partial charge in [0, 0.05) is 6.54 Å². The van der Waals surface area contributed by atoms with E-state index in [0.717, 1.165) is 12.0 Å². The Kier molecular flexibility index (Phi) is 4.73. The molecule has 3 nitrogen and oxygen atoms in total. The van der Waals surface area contributed by atoms with Crippen LogP contribution in [0.15, 0.2) is 18.2 Å². The molecule has 0 bridgehead atoms. The number of hydrogen-bond acceptors (Lipinski definition) is 3. The van der Waals surface area contributed by atoms with Crippen molar-refractivity contribution in [2.45, 2.75) is 13.3 Å². The maximum atomic E-state index is 8.33. The summed E-state index contributed by atoms with van der Waals surface area (Å²) in [6.45, 7) is 3.04. The average molecular weight is 216 g/mol. The molecule has 2 N–H and O–H groups in total.